The summed E-state index contributed by atoms with van der Waals surface area (Å²) in [5.74, 6) is 0. The van der Waals surface area contributed by atoms with Gasteiger partial charge in [0.25, 0.3) is 0 Å². The Hall–Kier alpha value is -0.813. The topological polar surface area (TPSA) is 61.5 Å². The summed E-state index contributed by atoms with van der Waals surface area (Å²) in [6, 6.07) is 0. The van der Waals surface area contributed by atoms with Gasteiger partial charge in [0.2, 0.25) is 0 Å². The largest absolute Gasteiger partial charge is 0.442 e. The Balaban J connectivity index is 4.39. The second kappa shape index (κ2) is 6.38. The van der Waals surface area contributed by atoms with E-state index in [1.807, 2.05) is 13.0 Å². The van der Waals surface area contributed by atoms with E-state index in [2.05, 4.69) is 33.9 Å². The van der Waals surface area contributed by atoms with Gasteiger partial charge in [-0.1, -0.05) is 26.8 Å². The first-order valence-electron chi connectivity index (χ1n) is 6.28. The van der Waals surface area contributed by atoms with Crippen LogP contribution in [-0.4, -0.2) is 26.6 Å². The van der Waals surface area contributed by atoms with Crippen molar-refractivity contribution in [3.05, 3.63) is 12.2 Å². The molecule has 0 rings (SSSR count). The predicted molar refractivity (Wildman–Crippen MR) is 77.0 cm³/mol. The van der Waals surface area contributed by atoms with Crippen molar-refractivity contribution in [2.24, 2.45) is 5.73 Å². The maximum Gasteiger partial charge on any atom is 0.405 e. The van der Waals surface area contributed by atoms with Gasteiger partial charge in [0.05, 0.1) is 6.10 Å². The summed E-state index contributed by atoms with van der Waals surface area (Å²) in [5, 5.41) is 0.185. The average molecular weight is 273 g/mol. The molecule has 0 saturated carbocycles. The average Bonchev–Trinajstić information content (AvgIpc) is 2.11. The lowest BCUT2D eigenvalue weighted by atomic mass is 10.2. The number of hydrogen-bond donors (Lipinski definition) is 1. The van der Waals surface area contributed by atoms with Gasteiger partial charge in [0, 0.05) is 0 Å². The van der Waals surface area contributed by atoms with Gasteiger partial charge in [-0.15, -0.1) is 0 Å². The van der Waals surface area contributed by atoms with E-state index in [0.29, 0.717) is 0 Å². The number of primary amides is 1. The highest BCUT2D eigenvalue weighted by atomic mass is 28.4. The molecular formula is C13H27NO3Si. The van der Waals surface area contributed by atoms with Crippen LogP contribution in [0.4, 0.5) is 4.79 Å². The van der Waals surface area contributed by atoms with Crippen LogP contribution in [0, 0.1) is 0 Å². The number of rotatable bonds is 5. The SMILES string of the molecule is CC(/C=C/[C@@H](C)OC(N)=O)O[Si](C)(C)C(C)(C)C. The summed E-state index contributed by atoms with van der Waals surface area (Å²) < 4.78 is 10.9. The third-order valence-electron chi connectivity index (χ3n) is 3.24. The lowest BCUT2D eigenvalue weighted by Crippen LogP contribution is -2.42. The minimum Gasteiger partial charge on any atom is -0.442 e. The fourth-order valence-corrected chi connectivity index (χ4v) is 2.58. The van der Waals surface area contributed by atoms with Crippen LogP contribution >= 0.6 is 0 Å². The normalized spacial score (nSPS) is 16.6. The van der Waals surface area contributed by atoms with E-state index in [0.717, 1.165) is 0 Å². The fourth-order valence-electron chi connectivity index (χ4n) is 1.22. The van der Waals surface area contributed by atoms with Gasteiger partial charge in [-0.25, -0.2) is 4.79 Å². The van der Waals surface area contributed by atoms with E-state index >= 15 is 0 Å². The zero-order valence-electron chi connectivity index (χ0n) is 12.6. The Labute approximate surface area is 112 Å². The van der Waals surface area contributed by atoms with Crippen molar-refractivity contribution in [3.8, 4) is 0 Å². The van der Waals surface area contributed by atoms with Crippen LogP contribution in [0.25, 0.3) is 0 Å². The molecule has 0 aromatic heterocycles. The number of carbonyl (C=O) groups is 1. The maximum absolute atomic E-state index is 10.6. The van der Waals surface area contributed by atoms with E-state index in [-0.39, 0.29) is 17.2 Å². The minimum atomic E-state index is -1.76. The van der Waals surface area contributed by atoms with Crippen molar-refractivity contribution in [1.29, 1.82) is 0 Å². The van der Waals surface area contributed by atoms with Crippen LogP contribution < -0.4 is 5.73 Å². The van der Waals surface area contributed by atoms with Gasteiger partial charge in [-0.2, -0.15) is 0 Å². The molecule has 5 heteroatoms. The van der Waals surface area contributed by atoms with Crippen LogP contribution in [0.3, 0.4) is 0 Å². The van der Waals surface area contributed by atoms with Gasteiger partial charge >= 0.3 is 6.09 Å². The van der Waals surface area contributed by atoms with E-state index in [4.69, 9.17) is 14.9 Å². The molecule has 0 heterocycles. The summed E-state index contributed by atoms with van der Waals surface area (Å²) in [6.07, 6.45) is 2.62. The molecule has 0 aliphatic rings. The lowest BCUT2D eigenvalue weighted by Gasteiger charge is -2.37. The van der Waals surface area contributed by atoms with Crippen LogP contribution in [0.15, 0.2) is 12.2 Å². The Bertz CT molecular complexity index is 308. The maximum atomic E-state index is 10.6. The molecule has 1 amide bonds. The van der Waals surface area contributed by atoms with Crippen molar-refractivity contribution < 1.29 is 14.0 Å². The van der Waals surface area contributed by atoms with E-state index in [1.165, 1.54) is 0 Å². The number of carbonyl (C=O) groups excluding carboxylic acids is 1. The molecule has 106 valence electrons. The van der Waals surface area contributed by atoms with Gasteiger partial charge in [0.15, 0.2) is 8.32 Å². The molecule has 0 aliphatic heterocycles. The minimum absolute atomic E-state index is 0.00446. The third kappa shape index (κ3) is 6.21. The zero-order valence-corrected chi connectivity index (χ0v) is 13.6. The van der Waals surface area contributed by atoms with Gasteiger partial charge in [-0.3, -0.25) is 0 Å². The van der Waals surface area contributed by atoms with Crippen LogP contribution in [0.1, 0.15) is 34.6 Å². The van der Waals surface area contributed by atoms with Crippen molar-refractivity contribution >= 4 is 14.4 Å². The highest BCUT2D eigenvalue weighted by Gasteiger charge is 2.37. The Kier molecular flexibility index (Phi) is 6.09. The Morgan fingerprint density at radius 3 is 2.00 bits per heavy atom. The van der Waals surface area contributed by atoms with Crippen molar-refractivity contribution in [2.45, 2.75) is 65.0 Å². The van der Waals surface area contributed by atoms with Crippen LogP contribution in [0.5, 0.6) is 0 Å². The highest BCUT2D eigenvalue weighted by Crippen LogP contribution is 2.37. The molecule has 0 saturated heterocycles. The van der Waals surface area contributed by atoms with Crippen molar-refractivity contribution in [1.82, 2.24) is 0 Å². The molecule has 0 radical (unpaired) electrons. The molecule has 0 aromatic rings. The molecule has 1 unspecified atom stereocenters. The fraction of sp³-hybridized carbons (Fsp3) is 0.769. The smallest absolute Gasteiger partial charge is 0.405 e. The van der Waals surface area contributed by atoms with Crippen molar-refractivity contribution in [2.75, 3.05) is 0 Å². The summed E-state index contributed by atoms with van der Waals surface area (Å²) in [5.41, 5.74) is 4.94. The van der Waals surface area contributed by atoms with Gasteiger partial charge < -0.3 is 14.9 Å². The number of nitrogens with two attached hydrogens (primary N) is 1. The lowest BCUT2D eigenvalue weighted by molar-refractivity contribution is 0.136. The molecule has 0 spiro atoms. The predicted octanol–water partition coefficient (Wildman–Crippen LogP) is 3.44. The Morgan fingerprint density at radius 2 is 1.61 bits per heavy atom. The number of ether oxygens (including phenoxy) is 1. The third-order valence-corrected chi connectivity index (χ3v) is 7.82. The van der Waals surface area contributed by atoms with Gasteiger partial charge in [-0.05, 0) is 38.1 Å². The van der Waals surface area contributed by atoms with Gasteiger partial charge in [0.1, 0.15) is 6.10 Å². The standard InChI is InChI=1S/C13H27NO3Si/c1-10(16-12(14)15)8-9-11(2)17-18(6,7)13(3,4)5/h8-11H,1-7H3,(H2,14,15)/b9-8+/t10-,11?/m1/s1. The molecule has 0 aliphatic carbocycles. The van der Waals surface area contributed by atoms with E-state index in [1.54, 1.807) is 13.0 Å². The van der Waals surface area contributed by atoms with Crippen LogP contribution in [-0.2, 0) is 9.16 Å². The Morgan fingerprint density at radius 1 is 1.17 bits per heavy atom. The molecule has 0 fully saturated rings. The molecule has 0 aromatic carbocycles. The molecular weight excluding hydrogens is 246 g/mol. The summed E-state index contributed by atoms with van der Waals surface area (Å²) >= 11 is 0. The zero-order chi connectivity index (χ0) is 14.6. The molecule has 0 bridgehead atoms. The summed E-state index contributed by atoms with van der Waals surface area (Å²) in [4.78, 5) is 10.6. The first-order chi connectivity index (χ1) is 7.95. The first-order valence-corrected chi connectivity index (χ1v) is 9.19. The summed E-state index contributed by atoms with van der Waals surface area (Å²) in [6.45, 7) is 14.8. The number of amides is 1. The molecule has 2 N–H and O–H groups in total. The molecule has 4 nitrogen and oxygen atoms in total. The summed E-state index contributed by atoms with van der Waals surface area (Å²) in [7, 11) is -1.76. The van der Waals surface area contributed by atoms with E-state index in [9.17, 15) is 4.79 Å². The number of hydrogen-bond acceptors (Lipinski definition) is 3. The second-order valence-corrected chi connectivity index (χ2v) is 10.9. The first kappa shape index (κ1) is 17.2. The molecule has 18 heavy (non-hydrogen) atoms. The van der Waals surface area contributed by atoms with Crippen LogP contribution in [0.2, 0.25) is 18.1 Å². The van der Waals surface area contributed by atoms with Crippen molar-refractivity contribution in [3.63, 3.8) is 0 Å². The second-order valence-electron chi connectivity index (χ2n) is 6.11. The highest BCUT2D eigenvalue weighted by molar-refractivity contribution is 6.74. The van der Waals surface area contributed by atoms with E-state index < -0.39 is 14.4 Å². The quantitative estimate of drug-likeness (QED) is 0.616. The molecule has 2 atom stereocenters. The monoisotopic (exact) mass is 273 g/mol.